The van der Waals surface area contributed by atoms with Crippen LogP contribution in [-0.4, -0.2) is 45.1 Å². The Balaban J connectivity index is 1.34. The fraction of sp³-hybridized carbons (Fsp3) is 0.556. The van der Waals surface area contributed by atoms with Gasteiger partial charge in [0.1, 0.15) is 5.75 Å². The van der Waals surface area contributed by atoms with Crippen LogP contribution in [0.2, 0.25) is 0 Å². The average Bonchev–Trinajstić information content (AvgIpc) is 2.98. The fourth-order valence-corrected chi connectivity index (χ4v) is 4.60. The number of benzene rings is 2. The van der Waals surface area contributed by atoms with Crippen molar-refractivity contribution in [1.29, 1.82) is 0 Å². The van der Waals surface area contributed by atoms with Crippen LogP contribution in [0, 0.1) is 0 Å². The van der Waals surface area contributed by atoms with Gasteiger partial charge in [0.15, 0.2) is 11.5 Å². The van der Waals surface area contributed by atoms with E-state index in [1.807, 2.05) is 12.1 Å². The summed E-state index contributed by atoms with van der Waals surface area (Å²) in [7, 11) is 5.05. The van der Waals surface area contributed by atoms with E-state index in [0.717, 1.165) is 88.1 Å². The molecule has 0 aliphatic heterocycles. The van der Waals surface area contributed by atoms with Gasteiger partial charge in [-0.05, 0) is 99.0 Å². The Labute approximate surface area is 193 Å². The van der Waals surface area contributed by atoms with Crippen LogP contribution in [0.25, 0.3) is 0 Å². The van der Waals surface area contributed by atoms with Crippen molar-refractivity contribution < 1.29 is 19.3 Å². The van der Waals surface area contributed by atoms with Crippen LogP contribution in [0.3, 0.4) is 0 Å². The van der Waals surface area contributed by atoms with Crippen LogP contribution in [0.15, 0.2) is 36.4 Å². The maximum atomic E-state index is 11.2. The molecule has 3 rings (SSSR count). The van der Waals surface area contributed by atoms with Crippen molar-refractivity contribution in [2.45, 2.75) is 63.4 Å². The number of rotatable bonds is 12. The van der Waals surface area contributed by atoms with Crippen molar-refractivity contribution in [3.8, 4) is 17.2 Å². The summed E-state index contributed by atoms with van der Waals surface area (Å²) >= 11 is 0. The molecule has 0 amide bonds. The first-order chi connectivity index (χ1) is 15.6. The van der Waals surface area contributed by atoms with E-state index in [-0.39, 0.29) is 0 Å². The molecule has 5 heteroatoms. The second-order valence-electron chi connectivity index (χ2n) is 8.86. The van der Waals surface area contributed by atoms with Gasteiger partial charge in [-0.1, -0.05) is 25.0 Å². The predicted octanol–water partition coefficient (Wildman–Crippen LogP) is 4.72. The SMILES string of the molecule is COc1cccc(CCNCCCCCC2(O)CCc3cc(OC)c(OC)cc3CC2)c1. The molecule has 0 bridgehead atoms. The van der Waals surface area contributed by atoms with Gasteiger partial charge < -0.3 is 24.6 Å². The Hall–Kier alpha value is -2.24. The zero-order valence-corrected chi connectivity index (χ0v) is 19.9. The third kappa shape index (κ3) is 6.88. The molecule has 176 valence electrons. The first kappa shape index (κ1) is 24.4. The Morgan fingerprint density at radius 1 is 0.844 bits per heavy atom. The summed E-state index contributed by atoms with van der Waals surface area (Å²) in [5.74, 6) is 2.46. The summed E-state index contributed by atoms with van der Waals surface area (Å²) in [4.78, 5) is 0. The first-order valence-electron chi connectivity index (χ1n) is 11.9. The summed E-state index contributed by atoms with van der Waals surface area (Å²) in [6, 6.07) is 12.4. The van der Waals surface area contributed by atoms with Gasteiger partial charge in [0.2, 0.25) is 0 Å². The molecule has 0 atom stereocenters. The molecule has 2 aromatic carbocycles. The number of nitrogens with one attached hydrogen (secondary N) is 1. The Morgan fingerprint density at radius 2 is 1.53 bits per heavy atom. The quantitative estimate of drug-likeness (QED) is 0.369. The van der Waals surface area contributed by atoms with Crippen molar-refractivity contribution in [3.05, 3.63) is 53.1 Å². The molecule has 0 radical (unpaired) electrons. The highest BCUT2D eigenvalue weighted by molar-refractivity contribution is 5.48. The fourth-order valence-electron chi connectivity index (χ4n) is 4.60. The van der Waals surface area contributed by atoms with Gasteiger partial charge in [-0.2, -0.15) is 0 Å². The third-order valence-electron chi connectivity index (χ3n) is 6.65. The lowest BCUT2D eigenvalue weighted by atomic mass is 9.88. The zero-order valence-electron chi connectivity index (χ0n) is 19.9. The molecular formula is C27H39NO4. The van der Waals surface area contributed by atoms with Gasteiger partial charge in [-0.25, -0.2) is 0 Å². The molecule has 1 aliphatic rings. The normalized spacial score (nSPS) is 15.0. The number of hydrogen-bond acceptors (Lipinski definition) is 5. The van der Waals surface area contributed by atoms with E-state index in [2.05, 4.69) is 29.6 Å². The van der Waals surface area contributed by atoms with E-state index < -0.39 is 5.60 Å². The maximum Gasteiger partial charge on any atom is 0.161 e. The van der Waals surface area contributed by atoms with E-state index in [1.54, 1.807) is 21.3 Å². The minimum atomic E-state index is -0.570. The molecule has 2 aromatic rings. The number of methoxy groups -OCH3 is 3. The van der Waals surface area contributed by atoms with Gasteiger partial charge >= 0.3 is 0 Å². The molecule has 0 unspecified atom stereocenters. The smallest absolute Gasteiger partial charge is 0.161 e. The monoisotopic (exact) mass is 441 g/mol. The van der Waals surface area contributed by atoms with Gasteiger partial charge in [0.05, 0.1) is 26.9 Å². The molecule has 32 heavy (non-hydrogen) atoms. The van der Waals surface area contributed by atoms with Crippen molar-refractivity contribution in [2.24, 2.45) is 0 Å². The largest absolute Gasteiger partial charge is 0.497 e. The standard InChI is InChI=1S/C27H39NO4/c1-30-24-9-7-8-21(18-24)12-17-28-16-6-4-5-13-27(29)14-10-22-19-25(31-2)26(32-3)20-23(22)11-15-27/h7-9,18-20,28-29H,4-6,10-17H2,1-3H3. The number of ether oxygens (including phenoxy) is 3. The number of unbranched alkanes of at least 4 members (excludes halogenated alkanes) is 2. The zero-order chi connectivity index (χ0) is 22.8. The second-order valence-corrected chi connectivity index (χ2v) is 8.86. The van der Waals surface area contributed by atoms with E-state index in [0.29, 0.717) is 0 Å². The van der Waals surface area contributed by atoms with Crippen molar-refractivity contribution in [3.63, 3.8) is 0 Å². The van der Waals surface area contributed by atoms with Crippen LogP contribution in [0.5, 0.6) is 17.2 Å². The van der Waals surface area contributed by atoms with Crippen LogP contribution in [-0.2, 0) is 19.3 Å². The molecule has 1 aliphatic carbocycles. The Morgan fingerprint density at radius 3 is 2.16 bits per heavy atom. The number of hydrogen-bond donors (Lipinski definition) is 2. The summed E-state index contributed by atoms with van der Waals surface area (Å²) in [5, 5.41) is 14.7. The lowest BCUT2D eigenvalue weighted by Gasteiger charge is -2.26. The minimum Gasteiger partial charge on any atom is -0.497 e. The predicted molar refractivity (Wildman–Crippen MR) is 129 cm³/mol. The molecule has 0 fully saturated rings. The summed E-state index contributed by atoms with van der Waals surface area (Å²) < 4.78 is 16.2. The molecule has 0 spiro atoms. The minimum absolute atomic E-state index is 0.570. The summed E-state index contributed by atoms with van der Waals surface area (Å²) in [5.41, 5.74) is 3.28. The van der Waals surface area contributed by atoms with E-state index in [4.69, 9.17) is 14.2 Å². The van der Waals surface area contributed by atoms with Crippen molar-refractivity contribution >= 4 is 0 Å². The highest BCUT2D eigenvalue weighted by Crippen LogP contribution is 2.37. The van der Waals surface area contributed by atoms with E-state index >= 15 is 0 Å². The molecule has 0 aromatic heterocycles. The van der Waals surface area contributed by atoms with Crippen LogP contribution in [0.1, 0.15) is 55.2 Å². The van der Waals surface area contributed by atoms with Crippen molar-refractivity contribution in [2.75, 3.05) is 34.4 Å². The third-order valence-corrected chi connectivity index (χ3v) is 6.65. The van der Waals surface area contributed by atoms with Gasteiger partial charge in [-0.15, -0.1) is 0 Å². The molecule has 2 N–H and O–H groups in total. The highest BCUT2D eigenvalue weighted by Gasteiger charge is 2.29. The van der Waals surface area contributed by atoms with Crippen molar-refractivity contribution in [1.82, 2.24) is 5.32 Å². The lowest BCUT2D eigenvalue weighted by molar-refractivity contribution is 0.0148. The maximum absolute atomic E-state index is 11.2. The second kappa shape index (κ2) is 12.1. The van der Waals surface area contributed by atoms with Crippen LogP contribution in [0.4, 0.5) is 0 Å². The summed E-state index contributed by atoms with van der Waals surface area (Å²) in [6.07, 6.45) is 8.63. The first-order valence-corrected chi connectivity index (χ1v) is 11.9. The number of aliphatic hydroxyl groups is 1. The van der Waals surface area contributed by atoms with Crippen LogP contribution < -0.4 is 19.5 Å². The lowest BCUT2D eigenvalue weighted by Crippen LogP contribution is -2.29. The number of fused-ring (bicyclic) bond motifs is 1. The molecule has 0 heterocycles. The van der Waals surface area contributed by atoms with Gasteiger partial charge in [0.25, 0.3) is 0 Å². The molecule has 5 nitrogen and oxygen atoms in total. The Kier molecular flexibility index (Phi) is 9.24. The van der Waals surface area contributed by atoms with E-state index in [1.165, 1.54) is 16.7 Å². The highest BCUT2D eigenvalue weighted by atomic mass is 16.5. The average molecular weight is 442 g/mol. The summed E-state index contributed by atoms with van der Waals surface area (Å²) in [6.45, 7) is 2.00. The molecular weight excluding hydrogens is 402 g/mol. The topological polar surface area (TPSA) is 60.0 Å². The molecule has 0 saturated carbocycles. The Bertz CT molecular complexity index is 817. The number of aryl methyl sites for hydroxylation is 2. The molecule has 0 saturated heterocycles. The van der Waals surface area contributed by atoms with E-state index in [9.17, 15) is 5.11 Å². The van der Waals surface area contributed by atoms with Crippen LogP contribution >= 0.6 is 0 Å². The van der Waals surface area contributed by atoms with Gasteiger partial charge in [0, 0.05) is 0 Å². The van der Waals surface area contributed by atoms with Gasteiger partial charge in [-0.3, -0.25) is 0 Å².